The summed E-state index contributed by atoms with van der Waals surface area (Å²) in [7, 11) is 2.14. The summed E-state index contributed by atoms with van der Waals surface area (Å²) in [6, 6.07) is 11.8. The Hall–Kier alpha value is -4.35. The molecule has 0 bridgehead atoms. The number of likely N-dealkylation sites (N-methyl/N-ethyl adjacent to an activating group) is 1. The Kier molecular flexibility index (Phi) is 11.1. The van der Waals surface area contributed by atoms with E-state index < -0.39 is 18.2 Å². The van der Waals surface area contributed by atoms with Crippen LogP contribution in [-0.4, -0.2) is 97.8 Å². The Morgan fingerprint density at radius 3 is 2.57 bits per heavy atom. The number of thiophene rings is 1. The molecule has 51 heavy (non-hydrogen) atoms. The number of carbonyl (C=O) groups is 1. The van der Waals surface area contributed by atoms with Crippen molar-refractivity contribution < 1.29 is 37.3 Å². The molecular formula is C34H34ClF4N7O4S. The lowest BCUT2D eigenvalue weighted by Crippen LogP contribution is -2.47. The van der Waals surface area contributed by atoms with Gasteiger partial charge in [-0.05, 0) is 61.3 Å². The van der Waals surface area contributed by atoms with Crippen LogP contribution in [0.5, 0.6) is 5.75 Å². The van der Waals surface area contributed by atoms with Crippen LogP contribution < -0.4 is 10.1 Å². The number of alkyl halides is 3. The SMILES string of the molecule is CN1CCN(C[C@@H](O)Cn2cc3c(n2)CCc2c-3sc3ncnc(Nc4ccc(OCc5cccc(F)c5)c(Cl)c4)c23)CC1.O=C(O)C(F)(F)F. The van der Waals surface area contributed by atoms with Crippen LogP contribution in [0.15, 0.2) is 55.0 Å². The molecule has 17 heteroatoms. The highest BCUT2D eigenvalue weighted by Crippen LogP contribution is 2.45. The average molecular weight is 748 g/mol. The lowest BCUT2D eigenvalue weighted by Gasteiger charge is -2.33. The number of piperazine rings is 1. The summed E-state index contributed by atoms with van der Waals surface area (Å²) in [5, 5.41) is 27.7. The summed E-state index contributed by atoms with van der Waals surface area (Å²) < 4.78 is 53.0. The van der Waals surface area contributed by atoms with Crippen LogP contribution in [0.25, 0.3) is 20.7 Å². The van der Waals surface area contributed by atoms with Crippen molar-refractivity contribution >= 4 is 50.6 Å². The molecule has 0 saturated carbocycles. The van der Waals surface area contributed by atoms with E-state index in [1.165, 1.54) is 17.7 Å². The third-order valence-electron chi connectivity index (χ3n) is 8.46. The minimum Gasteiger partial charge on any atom is -0.487 e. The number of aromatic nitrogens is 4. The van der Waals surface area contributed by atoms with Gasteiger partial charge < -0.3 is 25.2 Å². The van der Waals surface area contributed by atoms with Gasteiger partial charge in [-0.15, -0.1) is 11.3 Å². The number of carboxylic acid groups (broad SMARTS) is 1. The zero-order chi connectivity index (χ0) is 36.3. The highest BCUT2D eigenvalue weighted by Gasteiger charge is 2.38. The zero-order valence-corrected chi connectivity index (χ0v) is 28.9. The molecule has 1 saturated heterocycles. The molecule has 1 fully saturated rings. The molecule has 1 atom stereocenters. The number of benzene rings is 2. The minimum absolute atomic E-state index is 0.214. The Labute approximate surface area is 299 Å². The van der Waals surface area contributed by atoms with Gasteiger partial charge in [-0.2, -0.15) is 18.3 Å². The van der Waals surface area contributed by atoms with E-state index in [0.29, 0.717) is 23.9 Å². The number of aliphatic hydroxyl groups is 1. The summed E-state index contributed by atoms with van der Waals surface area (Å²) in [4.78, 5) is 24.8. The van der Waals surface area contributed by atoms with Gasteiger partial charge in [-0.1, -0.05) is 23.7 Å². The summed E-state index contributed by atoms with van der Waals surface area (Å²) in [6.07, 6.45) is -0.275. The van der Waals surface area contributed by atoms with Crippen molar-refractivity contribution in [3.63, 3.8) is 0 Å². The minimum atomic E-state index is -5.08. The highest BCUT2D eigenvalue weighted by molar-refractivity contribution is 7.22. The third kappa shape index (κ3) is 8.94. The Balaban J connectivity index is 0.000000582. The quantitative estimate of drug-likeness (QED) is 0.154. The molecule has 270 valence electrons. The van der Waals surface area contributed by atoms with Crippen LogP contribution in [0.2, 0.25) is 5.02 Å². The van der Waals surface area contributed by atoms with E-state index in [9.17, 15) is 22.7 Å². The first-order valence-electron chi connectivity index (χ1n) is 16.0. The molecule has 0 spiro atoms. The lowest BCUT2D eigenvalue weighted by atomic mass is 9.95. The predicted molar refractivity (Wildman–Crippen MR) is 185 cm³/mol. The van der Waals surface area contributed by atoms with Gasteiger partial charge in [0.05, 0.1) is 28.8 Å². The number of anilines is 2. The van der Waals surface area contributed by atoms with Crippen molar-refractivity contribution in [2.24, 2.45) is 0 Å². The number of nitrogens with zero attached hydrogens (tertiary/aromatic N) is 6. The smallest absolute Gasteiger partial charge is 0.487 e. The second-order valence-electron chi connectivity index (χ2n) is 12.3. The van der Waals surface area contributed by atoms with Crippen LogP contribution in [-0.2, 0) is 30.8 Å². The van der Waals surface area contributed by atoms with Gasteiger partial charge in [0.15, 0.2) is 0 Å². The van der Waals surface area contributed by atoms with Crippen LogP contribution >= 0.6 is 22.9 Å². The van der Waals surface area contributed by atoms with E-state index in [1.807, 2.05) is 16.8 Å². The first-order chi connectivity index (χ1) is 24.3. The molecule has 2 aliphatic rings. The van der Waals surface area contributed by atoms with Crippen molar-refractivity contribution in [3.8, 4) is 16.2 Å². The predicted octanol–water partition coefficient (Wildman–Crippen LogP) is 6.01. The summed E-state index contributed by atoms with van der Waals surface area (Å²) in [6.45, 7) is 5.35. The number of hydrogen-bond donors (Lipinski definition) is 3. The number of aliphatic hydroxyl groups excluding tert-OH is 1. The van der Waals surface area contributed by atoms with Gasteiger partial charge in [0.25, 0.3) is 0 Å². The van der Waals surface area contributed by atoms with Crippen molar-refractivity contribution in [2.45, 2.75) is 38.3 Å². The van der Waals surface area contributed by atoms with Crippen LogP contribution in [0.3, 0.4) is 0 Å². The number of aryl methyl sites for hydroxylation is 2. The second-order valence-corrected chi connectivity index (χ2v) is 13.7. The summed E-state index contributed by atoms with van der Waals surface area (Å²) in [5.41, 5.74) is 4.86. The van der Waals surface area contributed by atoms with Gasteiger partial charge in [-0.3, -0.25) is 9.58 Å². The standard InChI is InChI=1S/C32H33ClFN7O2S.C2HF3O2/c1-39-9-11-40(12-10-39)15-23(42)16-41-17-25-27(38-41)7-6-24-29-31(35-19-36-32(29)44-30(24)25)37-22-5-8-28(26(33)14-22)43-18-20-3-2-4-21(34)13-20;3-2(4,5)1(6)7/h2-5,8,13-14,17,19,23,42H,6-7,9-12,15-16,18H2,1H3,(H,35,36,37);(H,6,7)/t23-;/m1./s1. The van der Waals surface area contributed by atoms with Gasteiger partial charge in [-0.25, -0.2) is 19.2 Å². The van der Waals surface area contributed by atoms with Crippen LogP contribution in [0, 0.1) is 5.82 Å². The molecule has 5 aromatic rings. The molecular weight excluding hydrogens is 714 g/mol. The number of aliphatic carboxylic acids is 1. The molecule has 0 amide bonds. The lowest BCUT2D eigenvalue weighted by molar-refractivity contribution is -0.192. The molecule has 0 radical (unpaired) electrons. The van der Waals surface area contributed by atoms with E-state index in [0.717, 1.165) is 82.4 Å². The number of halogens is 5. The molecule has 11 nitrogen and oxygen atoms in total. The maximum atomic E-state index is 13.5. The number of ether oxygens (including phenoxy) is 1. The fourth-order valence-corrected chi connectivity index (χ4v) is 7.39. The van der Waals surface area contributed by atoms with Gasteiger partial charge in [0, 0.05) is 55.0 Å². The maximum absolute atomic E-state index is 13.5. The Morgan fingerprint density at radius 1 is 1.10 bits per heavy atom. The van der Waals surface area contributed by atoms with Gasteiger partial charge in [0.2, 0.25) is 0 Å². The van der Waals surface area contributed by atoms with Crippen LogP contribution in [0.4, 0.5) is 29.1 Å². The molecule has 1 aliphatic carbocycles. The van der Waals surface area contributed by atoms with E-state index >= 15 is 0 Å². The van der Waals surface area contributed by atoms with E-state index in [4.69, 9.17) is 31.3 Å². The summed E-state index contributed by atoms with van der Waals surface area (Å²) in [5.74, 6) is -1.83. The van der Waals surface area contributed by atoms with Crippen molar-refractivity contribution in [2.75, 3.05) is 45.1 Å². The second kappa shape index (κ2) is 15.5. The Bertz CT molecular complexity index is 2020. The van der Waals surface area contributed by atoms with Crippen molar-refractivity contribution in [3.05, 3.63) is 82.6 Å². The zero-order valence-electron chi connectivity index (χ0n) is 27.3. The number of rotatable bonds is 9. The summed E-state index contributed by atoms with van der Waals surface area (Å²) >= 11 is 8.21. The number of carboxylic acids is 1. The van der Waals surface area contributed by atoms with Gasteiger partial charge in [0.1, 0.15) is 35.1 Å². The molecule has 7 rings (SSSR count). The first kappa shape index (κ1) is 36.4. The molecule has 3 N–H and O–H groups in total. The molecule has 0 unspecified atom stereocenters. The van der Waals surface area contributed by atoms with Gasteiger partial charge >= 0.3 is 12.1 Å². The van der Waals surface area contributed by atoms with Crippen LogP contribution in [0.1, 0.15) is 16.8 Å². The van der Waals surface area contributed by atoms with Crippen molar-refractivity contribution in [1.82, 2.24) is 29.5 Å². The topological polar surface area (TPSA) is 129 Å². The fraction of sp³-hybridized carbons (Fsp3) is 0.353. The monoisotopic (exact) mass is 747 g/mol. The molecule has 1 aliphatic heterocycles. The Morgan fingerprint density at radius 2 is 1.86 bits per heavy atom. The number of β-amino-alcohol motifs (C(OH)–C–C–N with tert-alkyl or cyclic N) is 1. The van der Waals surface area contributed by atoms with E-state index in [1.54, 1.807) is 35.9 Å². The first-order valence-corrected chi connectivity index (χ1v) is 17.2. The average Bonchev–Trinajstić information content (AvgIpc) is 3.67. The van der Waals surface area contributed by atoms with E-state index in [2.05, 4.69) is 38.3 Å². The number of hydrogen-bond acceptors (Lipinski definition) is 10. The number of fused-ring (bicyclic) bond motifs is 5. The highest BCUT2D eigenvalue weighted by atomic mass is 35.5. The van der Waals surface area contributed by atoms with Crippen molar-refractivity contribution in [1.29, 1.82) is 0 Å². The number of nitrogens with one attached hydrogen (secondary N) is 1. The normalized spacial score (nSPS) is 15.4. The maximum Gasteiger partial charge on any atom is 0.490 e. The largest absolute Gasteiger partial charge is 0.490 e. The molecule has 2 aromatic carbocycles. The molecule has 3 aromatic heterocycles. The molecule has 4 heterocycles. The fourth-order valence-electron chi connectivity index (χ4n) is 5.94. The van der Waals surface area contributed by atoms with E-state index in [-0.39, 0.29) is 12.4 Å². The third-order valence-corrected chi connectivity index (χ3v) is 9.93.